The number of likely N-dealkylation sites (N-methyl/N-ethyl adjacent to an activating group) is 1. The van der Waals surface area contributed by atoms with E-state index < -0.39 is 12.3 Å². The van der Waals surface area contributed by atoms with E-state index in [9.17, 15) is 13.2 Å². The van der Waals surface area contributed by atoms with Gasteiger partial charge in [0.05, 0.1) is 0 Å². The second-order valence-electron chi connectivity index (χ2n) is 4.27. The zero-order valence-electron chi connectivity index (χ0n) is 9.50. The lowest BCUT2D eigenvalue weighted by molar-refractivity contribution is -0.208. The molecule has 0 heterocycles. The quantitative estimate of drug-likeness (QED) is 0.834. The third-order valence-corrected chi connectivity index (χ3v) is 4.28. The topological polar surface area (TPSA) is 23.5 Å². The van der Waals surface area contributed by atoms with Crippen LogP contribution >= 0.6 is 11.8 Å². The van der Waals surface area contributed by atoms with Crippen LogP contribution in [0.5, 0.6) is 0 Å². The molecule has 16 heavy (non-hydrogen) atoms. The Morgan fingerprint density at radius 2 is 2.06 bits per heavy atom. The van der Waals surface area contributed by atoms with Gasteiger partial charge in [0.15, 0.2) is 6.10 Å². The largest absolute Gasteiger partial charge is 0.415 e. The molecule has 0 spiro atoms. The minimum Gasteiger partial charge on any atom is -0.382 e. The van der Waals surface area contributed by atoms with Crippen LogP contribution in [0.25, 0.3) is 0 Å². The van der Waals surface area contributed by atoms with Crippen LogP contribution < -0.4 is 0 Å². The van der Waals surface area contributed by atoms with Crippen LogP contribution in [0, 0.1) is 0 Å². The van der Waals surface area contributed by atoms with Crippen molar-refractivity contribution >= 4 is 11.8 Å². The average Bonchev–Trinajstić information content (AvgIpc) is 2.63. The lowest BCUT2D eigenvalue weighted by Gasteiger charge is -2.30. The SMILES string of the molecule is CS[C@@H]1CCC[C@@H]1N(C)C[C@@H](O)C(F)(F)F. The Kier molecular flexibility index (Phi) is 4.94. The maximum atomic E-state index is 12.2. The molecule has 0 aromatic heterocycles. The van der Waals surface area contributed by atoms with Crippen molar-refractivity contribution in [1.82, 2.24) is 4.90 Å². The first-order valence-electron chi connectivity index (χ1n) is 5.34. The van der Waals surface area contributed by atoms with Crippen molar-refractivity contribution in [3.63, 3.8) is 0 Å². The highest BCUT2D eigenvalue weighted by Crippen LogP contribution is 2.32. The van der Waals surface area contributed by atoms with Gasteiger partial charge >= 0.3 is 6.18 Å². The van der Waals surface area contributed by atoms with Gasteiger partial charge in [-0.3, -0.25) is 4.90 Å². The first kappa shape index (κ1) is 14.1. The number of hydrogen-bond acceptors (Lipinski definition) is 3. The van der Waals surface area contributed by atoms with Crippen LogP contribution in [0.3, 0.4) is 0 Å². The molecular weight excluding hydrogens is 239 g/mol. The summed E-state index contributed by atoms with van der Waals surface area (Å²) >= 11 is 1.70. The maximum absolute atomic E-state index is 12.2. The predicted octanol–water partition coefficient (Wildman–Crippen LogP) is 2.13. The fraction of sp³-hybridized carbons (Fsp3) is 1.00. The van der Waals surface area contributed by atoms with Crippen molar-refractivity contribution < 1.29 is 18.3 Å². The summed E-state index contributed by atoms with van der Waals surface area (Å²) < 4.78 is 36.6. The molecule has 0 bridgehead atoms. The number of nitrogens with zero attached hydrogens (tertiary/aromatic N) is 1. The van der Waals surface area contributed by atoms with Gasteiger partial charge in [-0.1, -0.05) is 6.42 Å². The number of halogens is 3. The molecule has 1 saturated carbocycles. The van der Waals surface area contributed by atoms with Gasteiger partial charge in [-0.25, -0.2) is 0 Å². The average molecular weight is 257 g/mol. The summed E-state index contributed by atoms with van der Waals surface area (Å²) in [5.41, 5.74) is 0. The smallest absolute Gasteiger partial charge is 0.382 e. The number of hydrogen-bond donors (Lipinski definition) is 1. The fourth-order valence-electron chi connectivity index (χ4n) is 2.20. The van der Waals surface area contributed by atoms with Crippen LogP contribution in [0.1, 0.15) is 19.3 Å². The summed E-state index contributed by atoms with van der Waals surface area (Å²) in [5, 5.41) is 9.40. The molecule has 6 heteroatoms. The molecule has 0 aliphatic heterocycles. The molecule has 1 rings (SSSR count). The Bertz CT molecular complexity index is 225. The van der Waals surface area contributed by atoms with Gasteiger partial charge in [-0.2, -0.15) is 24.9 Å². The minimum absolute atomic E-state index is 0.159. The summed E-state index contributed by atoms with van der Waals surface area (Å²) in [6.45, 7) is -0.328. The molecule has 2 nitrogen and oxygen atoms in total. The van der Waals surface area contributed by atoms with E-state index in [0.29, 0.717) is 5.25 Å². The zero-order chi connectivity index (χ0) is 12.3. The van der Waals surface area contributed by atoms with Crippen molar-refractivity contribution in [3.05, 3.63) is 0 Å². The Hall–Kier alpha value is 0.0600. The number of thioether (sulfide) groups is 1. The molecule has 96 valence electrons. The van der Waals surface area contributed by atoms with Crippen molar-refractivity contribution in [2.45, 2.75) is 42.8 Å². The molecule has 1 fully saturated rings. The van der Waals surface area contributed by atoms with E-state index in [2.05, 4.69) is 0 Å². The Morgan fingerprint density at radius 1 is 1.44 bits per heavy atom. The van der Waals surface area contributed by atoms with E-state index in [1.807, 2.05) is 6.26 Å². The van der Waals surface area contributed by atoms with Gasteiger partial charge in [0, 0.05) is 17.8 Å². The second kappa shape index (κ2) is 5.60. The predicted molar refractivity (Wildman–Crippen MR) is 59.6 cm³/mol. The third kappa shape index (κ3) is 3.53. The van der Waals surface area contributed by atoms with E-state index in [-0.39, 0.29) is 12.6 Å². The van der Waals surface area contributed by atoms with Gasteiger partial charge in [-0.15, -0.1) is 0 Å². The lowest BCUT2D eigenvalue weighted by Crippen LogP contribution is -2.45. The first-order chi connectivity index (χ1) is 7.36. The van der Waals surface area contributed by atoms with E-state index in [1.54, 1.807) is 23.7 Å². The number of aliphatic hydroxyl groups is 1. The number of rotatable bonds is 4. The van der Waals surface area contributed by atoms with E-state index >= 15 is 0 Å². The lowest BCUT2D eigenvalue weighted by atomic mass is 10.2. The van der Waals surface area contributed by atoms with Crippen LogP contribution in [0.15, 0.2) is 0 Å². The van der Waals surface area contributed by atoms with Crippen molar-refractivity contribution in [2.24, 2.45) is 0 Å². The van der Waals surface area contributed by atoms with Gasteiger partial charge in [0.25, 0.3) is 0 Å². The summed E-state index contributed by atoms with van der Waals surface area (Å²) in [4.78, 5) is 1.65. The number of aliphatic hydroxyl groups excluding tert-OH is 1. The molecule has 1 aliphatic carbocycles. The summed E-state index contributed by atoms with van der Waals surface area (Å²) in [7, 11) is 1.66. The first-order valence-corrected chi connectivity index (χ1v) is 6.63. The molecular formula is C10H18F3NOS. The van der Waals surface area contributed by atoms with Crippen molar-refractivity contribution in [2.75, 3.05) is 19.8 Å². The molecule has 0 unspecified atom stereocenters. The Morgan fingerprint density at radius 3 is 2.56 bits per heavy atom. The molecule has 0 saturated heterocycles. The van der Waals surface area contributed by atoms with Crippen LogP contribution in [0.4, 0.5) is 13.2 Å². The summed E-state index contributed by atoms with van der Waals surface area (Å²) in [6.07, 6.45) is -1.73. The third-order valence-electron chi connectivity index (χ3n) is 3.13. The summed E-state index contributed by atoms with van der Waals surface area (Å²) in [6, 6.07) is 0.159. The van der Waals surface area contributed by atoms with Gasteiger partial charge in [-0.05, 0) is 26.1 Å². The highest BCUT2D eigenvalue weighted by atomic mass is 32.2. The van der Waals surface area contributed by atoms with Crippen LogP contribution in [-0.2, 0) is 0 Å². The van der Waals surface area contributed by atoms with E-state index in [4.69, 9.17) is 5.11 Å². The molecule has 1 N–H and O–H groups in total. The Balaban J connectivity index is 2.48. The molecule has 0 aromatic carbocycles. The highest BCUT2D eigenvalue weighted by molar-refractivity contribution is 7.99. The molecule has 1 aliphatic rings. The van der Waals surface area contributed by atoms with Crippen LogP contribution in [0.2, 0.25) is 0 Å². The maximum Gasteiger partial charge on any atom is 0.415 e. The van der Waals surface area contributed by atoms with Gasteiger partial charge in [0.2, 0.25) is 0 Å². The minimum atomic E-state index is -4.51. The monoisotopic (exact) mass is 257 g/mol. The summed E-state index contributed by atoms with van der Waals surface area (Å²) in [5.74, 6) is 0. The zero-order valence-corrected chi connectivity index (χ0v) is 10.3. The van der Waals surface area contributed by atoms with Crippen molar-refractivity contribution in [1.29, 1.82) is 0 Å². The van der Waals surface area contributed by atoms with Gasteiger partial charge < -0.3 is 5.11 Å². The highest BCUT2D eigenvalue weighted by Gasteiger charge is 2.40. The molecule has 0 radical (unpaired) electrons. The number of alkyl halides is 3. The Labute approximate surface area is 98.2 Å². The molecule has 3 atom stereocenters. The fourth-order valence-corrected chi connectivity index (χ4v) is 3.26. The van der Waals surface area contributed by atoms with Crippen molar-refractivity contribution in [3.8, 4) is 0 Å². The van der Waals surface area contributed by atoms with Crippen LogP contribution in [-0.4, -0.2) is 53.4 Å². The molecule has 0 aromatic rings. The van der Waals surface area contributed by atoms with Gasteiger partial charge in [0.1, 0.15) is 0 Å². The van der Waals surface area contributed by atoms with E-state index in [0.717, 1.165) is 19.3 Å². The van der Waals surface area contributed by atoms with E-state index in [1.165, 1.54) is 0 Å². The molecule has 0 amide bonds. The standard InChI is InChI=1S/C10H18F3NOS/c1-14(6-9(15)10(11,12)13)7-4-3-5-8(7)16-2/h7-9,15H,3-6H2,1-2H3/t7-,8+,9+/m0/s1. The normalized spacial score (nSPS) is 28.7. The second-order valence-corrected chi connectivity index (χ2v) is 5.35.